The van der Waals surface area contributed by atoms with Crippen LogP contribution in [0.1, 0.15) is 44.3 Å². The van der Waals surface area contributed by atoms with Crippen molar-refractivity contribution in [2.75, 3.05) is 5.75 Å². The van der Waals surface area contributed by atoms with Crippen LogP contribution in [0.2, 0.25) is 0 Å². The van der Waals surface area contributed by atoms with E-state index in [-0.39, 0.29) is 11.3 Å². The van der Waals surface area contributed by atoms with Crippen molar-refractivity contribution in [2.24, 2.45) is 0 Å². The van der Waals surface area contributed by atoms with E-state index in [1.807, 2.05) is 0 Å². The van der Waals surface area contributed by atoms with Gasteiger partial charge in [0.1, 0.15) is 11.6 Å². The lowest BCUT2D eigenvalue weighted by molar-refractivity contribution is -0.140. The number of thioether (sulfide) groups is 1. The third-order valence-corrected chi connectivity index (χ3v) is 6.56. The Morgan fingerprint density at radius 3 is 2.80 bits per heavy atom. The molecule has 0 bridgehead atoms. The Hall–Kier alpha value is -2.68. The first-order valence-corrected chi connectivity index (χ1v) is 10.9. The highest BCUT2D eigenvalue weighted by atomic mass is 32.2. The Balaban J connectivity index is 1.97. The molecule has 0 amide bonds. The van der Waals surface area contributed by atoms with E-state index in [9.17, 15) is 23.5 Å². The molecule has 3 aromatic rings. The van der Waals surface area contributed by atoms with Gasteiger partial charge in [-0.2, -0.15) is 5.10 Å². The molecule has 4 rings (SSSR count). The van der Waals surface area contributed by atoms with Gasteiger partial charge in [0.2, 0.25) is 0 Å². The fraction of sp³-hybridized carbons (Fsp3) is 0.381. The molecule has 0 saturated carbocycles. The van der Waals surface area contributed by atoms with Crippen LogP contribution in [-0.4, -0.2) is 31.6 Å². The zero-order chi connectivity index (χ0) is 21.4. The Morgan fingerprint density at radius 2 is 2.10 bits per heavy atom. The van der Waals surface area contributed by atoms with Crippen LogP contribution in [-0.2, 0) is 11.2 Å². The van der Waals surface area contributed by atoms with Crippen molar-refractivity contribution in [3.63, 3.8) is 0 Å². The minimum absolute atomic E-state index is 0.188. The Bertz CT molecular complexity index is 1190. The van der Waals surface area contributed by atoms with Crippen LogP contribution < -0.4 is 5.56 Å². The van der Waals surface area contributed by atoms with Crippen LogP contribution in [0.5, 0.6) is 0 Å². The lowest BCUT2D eigenvalue weighted by Crippen LogP contribution is -2.29. The molecular weight excluding hydrogens is 412 g/mol. The first kappa shape index (κ1) is 20.6. The number of pyridine rings is 1. The van der Waals surface area contributed by atoms with E-state index in [4.69, 9.17) is 0 Å². The quantitative estimate of drug-likeness (QED) is 0.535. The summed E-state index contributed by atoms with van der Waals surface area (Å²) in [5, 5.41) is 17.7. The number of unbranched alkanes of at least 4 members (excludes halogenated alkanes) is 3. The standard InChI is InChI=1S/C21H21F2N3O3S/c1-2-3-4-5-6-14-17-16(11-7-8-12(22)13(23)9-11)20-26(15(10-30-20)21(28)29)19(27)18(17)25-24-14/h7-9,15H,2-6,10H2,1H3,(H,24,25)(H,28,29)/t15-/m0/s1. The van der Waals surface area contributed by atoms with Gasteiger partial charge in [-0.1, -0.05) is 32.3 Å². The molecule has 0 radical (unpaired) electrons. The average molecular weight is 433 g/mol. The molecule has 0 unspecified atom stereocenters. The fourth-order valence-electron chi connectivity index (χ4n) is 3.90. The number of carbonyl (C=O) groups is 1. The number of benzene rings is 1. The minimum Gasteiger partial charge on any atom is -0.480 e. The van der Waals surface area contributed by atoms with Crippen LogP contribution in [0.4, 0.5) is 8.78 Å². The number of hydrogen-bond acceptors (Lipinski definition) is 4. The van der Waals surface area contributed by atoms with E-state index in [0.717, 1.165) is 37.8 Å². The van der Waals surface area contributed by atoms with Gasteiger partial charge in [0.15, 0.2) is 11.6 Å². The summed E-state index contributed by atoms with van der Waals surface area (Å²) >= 11 is 1.23. The minimum atomic E-state index is -1.11. The zero-order valence-electron chi connectivity index (χ0n) is 16.4. The number of rotatable bonds is 7. The molecule has 0 fully saturated rings. The van der Waals surface area contributed by atoms with Gasteiger partial charge in [-0.15, -0.1) is 11.8 Å². The summed E-state index contributed by atoms with van der Waals surface area (Å²) < 4.78 is 28.8. The van der Waals surface area contributed by atoms with E-state index >= 15 is 0 Å². The maximum atomic E-state index is 14.0. The monoisotopic (exact) mass is 433 g/mol. The molecule has 30 heavy (non-hydrogen) atoms. The predicted octanol–water partition coefficient (Wildman–Crippen LogP) is 4.52. The molecule has 0 spiro atoms. The summed E-state index contributed by atoms with van der Waals surface area (Å²) in [4.78, 5) is 24.8. The maximum absolute atomic E-state index is 14.0. The van der Waals surface area contributed by atoms with Gasteiger partial charge < -0.3 is 5.11 Å². The Morgan fingerprint density at radius 1 is 1.30 bits per heavy atom. The lowest BCUT2D eigenvalue weighted by atomic mass is 9.99. The number of H-pyrrole nitrogens is 1. The molecule has 1 aliphatic heterocycles. The molecule has 1 aliphatic rings. The second kappa shape index (κ2) is 8.22. The van der Waals surface area contributed by atoms with E-state index in [0.29, 0.717) is 33.7 Å². The molecule has 6 nitrogen and oxygen atoms in total. The van der Waals surface area contributed by atoms with Crippen LogP contribution in [0.15, 0.2) is 28.0 Å². The van der Waals surface area contributed by atoms with Gasteiger partial charge in [-0.05, 0) is 30.5 Å². The van der Waals surface area contributed by atoms with Crippen molar-refractivity contribution < 1.29 is 18.7 Å². The van der Waals surface area contributed by atoms with Gasteiger partial charge in [-0.3, -0.25) is 14.5 Å². The molecule has 0 saturated heterocycles. The number of carboxylic acids is 1. The zero-order valence-corrected chi connectivity index (χ0v) is 17.2. The normalized spacial score (nSPS) is 15.6. The molecule has 1 atom stereocenters. The number of aliphatic carboxylic acids is 1. The van der Waals surface area contributed by atoms with Crippen molar-refractivity contribution in [3.8, 4) is 11.1 Å². The number of carboxylic acid groups (broad SMARTS) is 1. The first-order chi connectivity index (χ1) is 14.4. The van der Waals surface area contributed by atoms with Gasteiger partial charge in [0, 0.05) is 16.7 Å². The summed E-state index contributed by atoms with van der Waals surface area (Å²) in [7, 11) is 0. The van der Waals surface area contributed by atoms with Crippen LogP contribution >= 0.6 is 11.8 Å². The molecule has 1 aromatic carbocycles. The van der Waals surface area contributed by atoms with Crippen molar-refractivity contribution in [2.45, 2.75) is 50.1 Å². The molecule has 9 heteroatoms. The highest BCUT2D eigenvalue weighted by Gasteiger charge is 2.35. The maximum Gasteiger partial charge on any atom is 0.327 e. The van der Waals surface area contributed by atoms with E-state index in [1.54, 1.807) is 0 Å². The number of aromatic nitrogens is 3. The van der Waals surface area contributed by atoms with Crippen LogP contribution in [0.3, 0.4) is 0 Å². The summed E-state index contributed by atoms with van der Waals surface area (Å²) in [6, 6.07) is 2.54. The summed E-state index contributed by atoms with van der Waals surface area (Å²) in [6.07, 6.45) is 4.71. The molecule has 2 aromatic heterocycles. The van der Waals surface area contributed by atoms with Crippen molar-refractivity contribution in [3.05, 3.63) is 45.9 Å². The Labute approximate surface area is 175 Å². The van der Waals surface area contributed by atoms with Crippen molar-refractivity contribution in [1.29, 1.82) is 0 Å². The van der Waals surface area contributed by atoms with E-state index < -0.39 is 29.2 Å². The van der Waals surface area contributed by atoms with Crippen LogP contribution in [0, 0.1) is 11.6 Å². The molecular formula is C21H21F2N3O3S. The topological polar surface area (TPSA) is 88.0 Å². The SMILES string of the molecule is CCCCCCc1n[nH]c2c(=O)n3c(c(-c4ccc(F)c(F)c4)c12)SC[C@H]3C(=O)O. The number of aromatic amines is 1. The Kier molecular flexibility index (Phi) is 5.64. The summed E-state index contributed by atoms with van der Waals surface area (Å²) in [6.45, 7) is 2.12. The summed E-state index contributed by atoms with van der Waals surface area (Å²) in [5.74, 6) is -2.90. The number of nitrogens with one attached hydrogen (secondary N) is 1. The summed E-state index contributed by atoms with van der Waals surface area (Å²) in [5.41, 5.74) is 1.32. The van der Waals surface area contributed by atoms with Gasteiger partial charge in [-0.25, -0.2) is 13.6 Å². The third kappa shape index (κ3) is 3.40. The molecule has 2 N–H and O–H groups in total. The largest absolute Gasteiger partial charge is 0.480 e. The van der Waals surface area contributed by atoms with Crippen molar-refractivity contribution >= 4 is 28.6 Å². The smallest absolute Gasteiger partial charge is 0.327 e. The molecule has 158 valence electrons. The predicted molar refractivity (Wildman–Crippen MR) is 111 cm³/mol. The third-order valence-electron chi connectivity index (χ3n) is 5.41. The molecule has 3 heterocycles. The number of fused-ring (bicyclic) bond motifs is 2. The number of nitrogens with zero attached hydrogens (tertiary/aromatic N) is 2. The van der Waals surface area contributed by atoms with Gasteiger partial charge in [0.05, 0.1) is 10.7 Å². The molecule has 0 aliphatic carbocycles. The number of halogens is 2. The van der Waals surface area contributed by atoms with E-state index in [2.05, 4.69) is 17.1 Å². The second-order valence-electron chi connectivity index (χ2n) is 7.38. The highest BCUT2D eigenvalue weighted by Crippen LogP contribution is 2.43. The van der Waals surface area contributed by atoms with Crippen molar-refractivity contribution in [1.82, 2.24) is 14.8 Å². The highest BCUT2D eigenvalue weighted by molar-refractivity contribution is 7.99. The number of hydrogen-bond donors (Lipinski definition) is 2. The number of aryl methyl sites for hydroxylation is 1. The average Bonchev–Trinajstić information content (AvgIpc) is 3.34. The first-order valence-electron chi connectivity index (χ1n) is 9.90. The van der Waals surface area contributed by atoms with Gasteiger partial charge in [0.25, 0.3) is 5.56 Å². The fourth-order valence-corrected chi connectivity index (χ4v) is 5.22. The van der Waals surface area contributed by atoms with E-state index in [1.165, 1.54) is 22.4 Å². The lowest BCUT2D eigenvalue weighted by Gasteiger charge is -2.14. The van der Waals surface area contributed by atoms with Crippen LogP contribution in [0.25, 0.3) is 22.0 Å². The van der Waals surface area contributed by atoms with Gasteiger partial charge >= 0.3 is 5.97 Å². The second-order valence-corrected chi connectivity index (χ2v) is 8.39.